The molecule has 23 heavy (non-hydrogen) atoms. The molecular formula is C19H18ClN3. The van der Waals surface area contributed by atoms with Crippen LogP contribution in [0.4, 0.5) is 0 Å². The van der Waals surface area contributed by atoms with E-state index < -0.39 is 0 Å². The molecule has 3 aromatic rings. The minimum Gasteiger partial charge on any atom is -0.312 e. The lowest BCUT2D eigenvalue weighted by Crippen LogP contribution is -2.34. The van der Waals surface area contributed by atoms with E-state index in [1.165, 1.54) is 35.0 Å². The fraction of sp³-hybridized carbons (Fsp3) is 0.316. The Labute approximate surface area is 140 Å². The standard InChI is InChI=1S/C19H18ClN3/c1-22-13-5-7-17(22)19-15-9-12(20)4-6-16(15)23(18(19)10-13)14-3-2-8-21-11-14/h2-4,6,8-9,11,13,17H,5,7,10H2,1H3. The smallest absolute Gasteiger partial charge is 0.0642 e. The number of halogens is 1. The van der Waals surface area contributed by atoms with Crippen LogP contribution in [0.25, 0.3) is 16.6 Å². The lowest BCUT2D eigenvalue weighted by Gasteiger charge is -2.32. The van der Waals surface area contributed by atoms with Gasteiger partial charge >= 0.3 is 0 Å². The Morgan fingerprint density at radius 1 is 1.22 bits per heavy atom. The number of fused-ring (bicyclic) bond motifs is 6. The minimum absolute atomic E-state index is 0.516. The SMILES string of the molecule is CN1C2CCC1c1c(n(-c3cccnc3)c3ccc(Cl)cc13)C2. The molecule has 0 saturated carbocycles. The zero-order chi connectivity index (χ0) is 15.6. The van der Waals surface area contributed by atoms with Crippen molar-refractivity contribution < 1.29 is 0 Å². The van der Waals surface area contributed by atoms with Crippen LogP contribution in [0.15, 0.2) is 42.7 Å². The van der Waals surface area contributed by atoms with Crippen LogP contribution in [0, 0.1) is 0 Å². The van der Waals surface area contributed by atoms with Crippen molar-refractivity contribution in [2.45, 2.75) is 31.3 Å². The van der Waals surface area contributed by atoms with Crippen LogP contribution < -0.4 is 0 Å². The molecule has 0 radical (unpaired) electrons. The second-order valence-corrected chi connectivity index (χ2v) is 7.12. The van der Waals surface area contributed by atoms with Gasteiger partial charge in [0, 0.05) is 40.8 Å². The molecule has 4 heterocycles. The number of pyridine rings is 1. The number of benzene rings is 1. The molecule has 1 aromatic carbocycles. The van der Waals surface area contributed by atoms with Gasteiger partial charge in [-0.25, -0.2) is 0 Å². The fourth-order valence-corrected chi connectivity index (χ4v) is 4.70. The highest BCUT2D eigenvalue weighted by Crippen LogP contribution is 2.47. The van der Waals surface area contributed by atoms with Gasteiger partial charge in [-0.2, -0.15) is 0 Å². The van der Waals surface area contributed by atoms with Crippen molar-refractivity contribution in [2.24, 2.45) is 0 Å². The van der Waals surface area contributed by atoms with Gasteiger partial charge in [0.1, 0.15) is 0 Å². The van der Waals surface area contributed by atoms with E-state index in [1.807, 2.05) is 24.5 Å². The van der Waals surface area contributed by atoms with E-state index in [0.29, 0.717) is 12.1 Å². The van der Waals surface area contributed by atoms with Gasteiger partial charge in [-0.1, -0.05) is 11.6 Å². The Morgan fingerprint density at radius 3 is 2.96 bits per heavy atom. The van der Waals surface area contributed by atoms with Gasteiger partial charge in [-0.05, 0) is 55.8 Å². The van der Waals surface area contributed by atoms with Crippen LogP contribution >= 0.6 is 11.6 Å². The first-order chi connectivity index (χ1) is 11.2. The Kier molecular flexibility index (Phi) is 2.85. The zero-order valence-corrected chi connectivity index (χ0v) is 13.8. The van der Waals surface area contributed by atoms with Crippen LogP contribution in [0.1, 0.15) is 30.1 Å². The average Bonchev–Trinajstić information content (AvgIpc) is 2.99. The largest absolute Gasteiger partial charge is 0.312 e. The van der Waals surface area contributed by atoms with E-state index in [1.54, 1.807) is 0 Å². The van der Waals surface area contributed by atoms with Crippen molar-refractivity contribution in [3.8, 4) is 5.69 Å². The summed E-state index contributed by atoms with van der Waals surface area (Å²) in [5, 5.41) is 2.11. The summed E-state index contributed by atoms with van der Waals surface area (Å²) < 4.78 is 2.40. The Bertz CT molecular complexity index is 900. The highest BCUT2D eigenvalue weighted by atomic mass is 35.5. The Morgan fingerprint density at radius 2 is 2.13 bits per heavy atom. The van der Waals surface area contributed by atoms with Gasteiger partial charge in [0.25, 0.3) is 0 Å². The maximum absolute atomic E-state index is 6.32. The molecule has 0 aliphatic carbocycles. The van der Waals surface area contributed by atoms with Crippen molar-refractivity contribution in [3.63, 3.8) is 0 Å². The molecule has 0 N–H and O–H groups in total. The molecule has 4 heteroatoms. The molecule has 0 amide bonds. The van der Waals surface area contributed by atoms with Gasteiger partial charge in [-0.15, -0.1) is 0 Å². The molecule has 2 aliphatic rings. The third-order valence-electron chi connectivity index (χ3n) is 5.58. The second kappa shape index (κ2) is 4.83. The second-order valence-electron chi connectivity index (χ2n) is 6.69. The number of likely N-dealkylation sites (N-methyl/N-ethyl adjacent to an activating group) is 1. The molecule has 1 saturated heterocycles. The zero-order valence-electron chi connectivity index (χ0n) is 13.0. The molecule has 1 fully saturated rings. The number of hydrogen-bond acceptors (Lipinski definition) is 2. The maximum atomic E-state index is 6.32. The predicted octanol–water partition coefficient (Wildman–Crippen LogP) is 4.37. The number of hydrogen-bond donors (Lipinski definition) is 0. The molecule has 3 nitrogen and oxygen atoms in total. The average molecular weight is 324 g/mol. The Hall–Kier alpha value is -1.84. The summed E-state index contributed by atoms with van der Waals surface area (Å²) in [6, 6.07) is 11.6. The summed E-state index contributed by atoms with van der Waals surface area (Å²) in [5.41, 5.74) is 5.31. The van der Waals surface area contributed by atoms with Gasteiger partial charge in [0.15, 0.2) is 0 Å². The van der Waals surface area contributed by atoms with Crippen LogP contribution in [0.3, 0.4) is 0 Å². The van der Waals surface area contributed by atoms with E-state index in [4.69, 9.17) is 11.6 Å². The van der Waals surface area contributed by atoms with Crippen molar-refractivity contribution in [1.29, 1.82) is 0 Å². The van der Waals surface area contributed by atoms with E-state index in [2.05, 4.69) is 39.7 Å². The summed E-state index contributed by atoms with van der Waals surface area (Å²) in [5.74, 6) is 0. The molecular weight excluding hydrogens is 306 g/mol. The molecule has 2 aliphatic heterocycles. The van der Waals surface area contributed by atoms with Crippen molar-refractivity contribution in [3.05, 3.63) is 59.0 Å². The van der Waals surface area contributed by atoms with Gasteiger partial charge < -0.3 is 4.57 Å². The quantitative estimate of drug-likeness (QED) is 0.663. The molecule has 2 atom stereocenters. The third-order valence-corrected chi connectivity index (χ3v) is 5.81. The first-order valence-electron chi connectivity index (χ1n) is 8.19. The molecule has 2 unspecified atom stereocenters. The van der Waals surface area contributed by atoms with Crippen LogP contribution in [0.2, 0.25) is 5.02 Å². The molecule has 2 bridgehead atoms. The van der Waals surface area contributed by atoms with Crippen molar-refractivity contribution in [2.75, 3.05) is 7.05 Å². The molecule has 0 spiro atoms. The van der Waals surface area contributed by atoms with Crippen LogP contribution in [-0.2, 0) is 6.42 Å². The van der Waals surface area contributed by atoms with Crippen molar-refractivity contribution in [1.82, 2.24) is 14.5 Å². The van der Waals surface area contributed by atoms with Gasteiger partial charge in [-0.3, -0.25) is 9.88 Å². The fourth-order valence-electron chi connectivity index (χ4n) is 4.52. The van der Waals surface area contributed by atoms with Crippen LogP contribution in [-0.4, -0.2) is 27.5 Å². The first-order valence-corrected chi connectivity index (χ1v) is 8.57. The topological polar surface area (TPSA) is 21.1 Å². The normalized spacial score (nSPS) is 23.4. The molecule has 2 aromatic heterocycles. The molecule has 116 valence electrons. The monoisotopic (exact) mass is 323 g/mol. The third kappa shape index (κ3) is 1.84. The van der Waals surface area contributed by atoms with Gasteiger partial charge in [0.05, 0.1) is 17.4 Å². The van der Waals surface area contributed by atoms with Crippen LogP contribution in [0.5, 0.6) is 0 Å². The number of rotatable bonds is 1. The summed E-state index contributed by atoms with van der Waals surface area (Å²) in [7, 11) is 2.27. The predicted molar refractivity (Wildman–Crippen MR) is 93.3 cm³/mol. The number of aromatic nitrogens is 2. The molecule has 5 rings (SSSR count). The maximum Gasteiger partial charge on any atom is 0.0642 e. The lowest BCUT2D eigenvalue weighted by atomic mass is 9.97. The highest BCUT2D eigenvalue weighted by Gasteiger charge is 2.40. The van der Waals surface area contributed by atoms with E-state index in [9.17, 15) is 0 Å². The number of nitrogens with zero attached hydrogens (tertiary/aromatic N) is 3. The minimum atomic E-state index is 0.516. The van der Waals surface area contributed by atoms with Crippen molar-refractivity contribution >= 4 is 22.5 Å². The Balaban J connectivity index is 1.88. The van der Waals surface area contributed by atoms with Gasteiger partial charge in [0.2, 0.25) is 0 Å². The summed E-state index contributed by atoms with van der Waals surface area (Å²) in [4.78, 5) is 6.88. The highest BCUT2D eigenvalue weighted by molar-refractivity contribution is 6.31. The summed E-state index contributed by atoms with van der Waals surface area (Å²) >= 11 is 6.32. The van der Waals surface area contributed by atoms with E-state index in [0.717, 1.165) is 17.1 Å². The van der Waals surface area contributed by atoms with E-state index >= 15 is 0 Å². The summed E-state index contributed by atoms with van der Waals surface area (Å²) in [6.45, 7) is 0. The first kappa shape index (κ1) is 13.6. The summed E-state index contributed by atoms with van der Waals surface area (Å²) in [6.07, 6.45) is 7.41. The lowest BCUT2D eigenvalue weighted by molar-refractivity contribution is 0.223. The van der Waals surface area contributed by atoms with E-state index in [-0.39, 0.29) is 0 Å².